The summed E-state index contributed by atoms with van der Waals surface area (Å²) in [6.45, 7) is 5.64. The zero-order valence-corrected chi connectivity index (χ0v) is 7.81. The van der Waals surface area contributed by atoms with Crippen LogP contribution in [0.15, 0.2) is 0 Å². The molecule has 0 spiro atoms. The zero-order valence-electron chi connectivity index (χ0n) is 7.81. The lowest BCUT2D eigenvalue weighted by molar-refractivity contribution is 0.0976. The smallest absolute Gasteiger partial charge is 0.0940 e. The van der Waals surface area contributed by atoms with Crippen LogP contribution in [0, 0.1) is 5.92 Å². The molecule has 0 aliphatic carbocycles. The lowest BCUT2D eigenvalue weighted by Crippen LogP contribution is -2.13. The van der Waals surface area contributed by atoms with Crippen LogP contribution in [0.25, 0.3) is 0 Å². The summed E-state index contributed by atoms with van der Waals surface area (Å²) < 4.78 is 5.18. The van der Waals surface area contributed by atoms with E-state index in [1.54, 1.807) is 0 Å². The molecule has 0 saturated carbocycles. The summed E-state index contributed by atoms with van der Waals surface area (Å²) in [5, 5.41) is 0. The molecule has 0 radical (unpaired) electrons. The second-order valence-corrected chi connectivity index (χ2v) is 2.98. The highest BCUT2D eigenvalue weighted by molar-refractivity contribution is 4.56. The van der Waals surface area contributed by atoms with Gasteiger partial charge >= 0.3 is 0 Å². The molecule has 0 bridgehead atoms. The van der Waals surface area contributed by atoms with E-state index in [1.807, 2.05) is 0 Å². The van der Waals surface area contributed by atoms with Crippen LogP contribution in [-0.4, -0.2) is 13.3 Å². The van der Waals surface area contributed by atoms with Crippen molar-refractivity contribution in [3.8, 4) is 0 Å². The van der Waals surface area contributed by atoms with E-state index in [0.29, 0.717) is 6.73 Å². The third-order valence-electron chi connectivity index (χ3n) is 1.87. The third kappa shape index (κ3) is 6.32. The zero-order chi connectivity index (χ0) is 8.53. The molecule has 0 aliphatic heterocycles. The summed E-state index contributed by atoms with van der Waals surface area (Å²) in [4.78, 5) is 0. The van der Waals surface area contributed by atoms with Crippen LogP contribution in [0.5, 0.6) is 0 Å². The highest BCUT2D eigenvalue weighted by atomic mass is 16.5. The summed E-state index contributed by atoms with van der Waals surface area (Å²) in [6, 6.07) is 0. The van der Waals surface area contributed by atoms with Gasteiger partial charge in [0.1, 0.15) is 0 Å². The maximum atomic E-state index is 5.25. The minimum atomic E-state index is 0.365. The minimum absolute atomic E-state index is 0.365. The third-order valence-corrected chi connectivity index (χ3v) is 1.87. The summed E-state index contributed by atoms with van der Waals surface area (Å²) in [7, 11) is 0. The van der Waals surface area contributed by atoms with Crippen LogP contribution < -0.4 is 5.73 Å². The van der Waals surface area contributed by atoms with Gasteiger partial charge in [0.25, 0.3) is 0 Å². The van der Waals surface area contributed by atoms with Crippen LogP contribution in [0.4, 0.5) is 0 Å². The maximum absolute atomic E-state index is 5.25. The van der Waals surface area contributed by atoms with Crippen molar-refractivity contribution in [3.05, 3.63) is 0 Å². The first-order chi connectivity index (χ1) is 5.35. The van der Waals surface area contributed by atoms with E-state index < -0.39 is 0 Å². The molecule has 0 aromatic rings. The molecule has 0 heterocycles. The van der Waals surface area contributed by atoms with Crippen LogP contribution in [-0.2, 0) is 4.74 Å². The normalized spacial score (nSPS) is 10.9. The van der Waals surface area contributed by atoms with Gasteiger partial charge in [0, 0.05) is 0 Å². The van der Waals surface area contributed by atoms with Gasteiger partial charge in [-0.15, -0.1) is 0 Å². The van der Waals surface area contributed by atoms with Gasteiger partial charge in [-0.05, 0) is 18.8 Å². The number of hydrogen-bond donors (Lipinski definition) is 1. The monoisotopic (exact) mass is 159 g/mol. The first kappa shape index (κ1) is 10.9. The molecule has 0 unspecified atom stereocenters. The predicted molar refractivity (Wildman–Crippen MR) is 48.3 cm³/mol. The molecular weight excluding hydrogens is 138 g/mol. The Morgan fingerprint density at radius 2 is 1.73 bits per heavy atom. The fourth-order valence-corrected chi connectivity index (χ4v) is 1.36. The van der Waals surface area contributed by atoms with Crippen molar-refractivity contribution < 1.29 is 4.74 Å². The van der Waals surface area contributed by atoms with Gasteiger partial charge in [-0.2, -0.15) is 0 Å². The van der Waals surface area contributed by atoms with Crippen molar-refractivity contribution in [1.29, 1.82) is 0 Å². The van der Waals surface area contributed by atoms with Gasteiger partial charge in [0.15, 0.2) is 0 Å². The Balaban J connectivity index is 3.34. The molecule has 0 saturated heterocycles. The van der Waals surface area contributed by atoms with E-state index in [0.717, 1.165) is 12.5 Å². The van der Waals surface area contributed by atoms with Crippen molar-refractivity contribution >= 4 is 0 Å². The van der Waals surface area contributed by atoms with Crippen LogP contribution in [0.2, 0.25) is 0 Å². The van der Waals surface area contributed by atoms with Crippen LogP contribution >= 0.6 is 0 Å². The van der Waals surface area contributed by atoms with E-state index in [9.17, 15) is 0 Å². The van der Waals surface area contributed by atoms with Gasteiger partial charge in [0.05, 0.1) is 13.3 Å². The Kier molecular flexibility index (Phi) is 7.96. The van der Waals surface area contributed by atoms with Crippen molar-refractivity contribution in [1.82, 2.24) is 0 Å². The maximum Gasteiger partial charge on any atom is 0.0940 e. The fraction of sp³-hybridized carbons (Fsp3) is 1.00. The van der Waals surface area contributed by atoms with Gasteiger partial charge in [-0.3, -0.25) is 0 Å². The average molecular weight is 159 g/mol. The van der Waals surface area contributed by atoms with Crippen molar-refractivity contribution in [2.24, 2.45) is 11.7 Å². The molecule has 0 rings (SSSR count). The number of ether oxygens (including phenoxy) is 1. The topological polar surface area (TPSA) is 35.2 Å². The van der Waals surface area contributed by atoms with Crippen molar-refractivity contribution in [2.75, 3.05) is 13.3 Å². The highest BCUT2D eigenvalue weighted by Crippen LogP contribution is 2.13. The van der Waals surface area contributed by atoms with Gasteiger partial charge in [-0.25, -0.2) is 0 Å². The Morgan fingerprint density at radius 3 is 2.09 bits per heavy atom. The molecule has 0 amide bonds. The minimum Gasteiger partial charge on any atom is -0.366 e. The molecule has 68 valence electrons. The largest absolute Gasteiger partial charge is 0.366 e. The Bertz CT molecular complexity index is 70.0. The molecule has 0 aromatic carbocycles. The quantitative estimate of drug-likeness (QED) is 0.578. The van der Waals surface area contributed by atoms with E-state index in [1.165, 1.54) is 25.7 Å². The second-order valence-electron chi connectivity index (χ2n) is 2.98. The Hall–Kier alpha value is -0.0800. The van der Waals surface area contributed by atoms with Crippen molar-refractivity contribution in [3.63, 3.8) is 0 Å². The van der Waals surface area contributed by atoms with Gasteiger partial charge in [-0.1, -0.05) is 26.7 Å². The molecule has 0 atom stereocenters. The van der Waals surface area contributed by atoms with Gasteiger partial charge in [0.2, 0.25) is 0 Å². The van der Waals surface area contributed by atoms with Crippen molar-refractivity contribution in [2.45, 2.75) is 39.5 Å². The number of rotatable bonds is 7. The van der Waals surface area contributed by atoms with Crippen LogP contribution in [0.1, 0.15) is 39.5 Å². The van der Waals surface area contributed by atoms with Crippen LogP contribution in [0.3, 0.4) is 0 Å². The predicted octanol–water partition coefficient (Wildman–Crippen LogP) is 2.14. The molecule has 2 N–H and O–H groups in total. The first-order valence-corrected chi connectivity index (χ1v) is 4.62. The molecular formula is C9H21NO. The summed E-state index contributed by atoms with van der Waals surface area (Å²) in [5.41, 5.74) is 5.25. The molecule has 0 aliphatic rings. The molecule has 2 heteroatoms. The van der Waals surface area contributed by atoms with E-state index in [2.05, 4.69) is 13.8 Å². The lowest BCUT2D eigenvalue weighted by atomic mass is 10.00. The molecule has 0 fully saturated rings. The second kappa shape index (κ2) is 8.02. The summed E-state index contributed by atoms with van der Waals surface area (Å²) in [6.07, 6.45) is 5.04. The molecule has 0 aromatic heterocycles. The van der Waals surface area contributed by atoms with Gasteiger partial charge < -0.3 is 10.5 Å². The Labute approximate surface area is 70.1 Å². The summed E-state index contributed by atoms with van der Waals surface area (Å²) >= 11 is 0. The van der Waals surface area contributed by atoms with E-state index >= 15 is 0 Å². The van der Waals surface area contributed by atoms with E-state index in [4.69, 9.17) is 10.5 Å². The number of nitrogens with two attached hydrogens (primary N) is 1. The average Bonchev–Trinajstić information content (AvgIpc) is 2.01. The Morgan fingerprint density at radius 1 is 1.18 bits per heavy atom. The first-order valence-electron chi connectivity index (χ1n) is 4.62. The standard InChI is InChI=1S/C9H21NO/c1-3-5-9(6-4-2)7-11-8-10/h9H,3-8,10H2,1-2H3. The highest BCUT2D eigenvalue weighted by Gasteiger charge is 2.05. The molecule has 11 heavy (non-hydrogen) atoms. The lowest BCUT2D eigenvalue weighted by Gasteiger charge is -2.13. The fourth-order valence-electron chi connectivity index (χ4n) is 1.36. The van der Waals surface area contributed by atoms with E-state index in [-0.39, 0.29) is 0 Å². The molecule has 2 nitrogen and oxygen atoms in total. The number of hydrogen-bond acceptors (Lipinski definition) is 2. The summed E-state index contributed by atoms with van der Waals surface area (Å²) in [5.74, 6) is 0.730. The SMILES string of the molecule is CCCC(CCC)COCN.